The van der Waals surface area contributed by atoms with Crippen molar-refractivity contribution in [2.24, 2.45) is 4.99 Å². The zero-order valence-corrected chi connectivity index (χ0v) is 17.3. The maximum atomic E-state index is 13.2. The van der Waals surface area contributed by atoms with Gasteiger partial charge in [0.2, 0.25) is 0 Å². The van der Waals surface area contributed by atoms with Crippen LogP contribution < -0.4 is 14.2 Å². The predicted octanol–water partition coefficient (Wildman–Crippen LogP) is 4.37. The second kappa shape index (κ2) is 9.01. The van der Waals surface area contributed by atoms with Gasteiger partial charge in [-0.3, -0.25) is 9.69 Å². The molecular formula is C21H24N2O4S. The van der Waals surface area contributed by atoms with Gasteiger partial charge in [-0.25, -0.2) is 4.99 Å². The quantitative estimate of drug-likeness (QED) is 0.721. The van der Waals surface area contributed by atoms with Crippen molar-refractivity contribution in [3.63, 3.8) is 0 Å². The van der Waals surface area contributed by atoms with Gasteiger partial charge in [0.25, 0.3) is 5.91 Å². The first kappa shape index (κ1) is 20.1. The minimum Gasteiger partial charge on any atom is -0.497 e. The Morgan fingerprint density at radius 2 is 1.75 bits per heavy atom. The van der Waals surface area contributed by atoms with Gasteiger partial charge >= 0.3 is 0 Å². The lowest BCUT2D eigenvalue weighted by Crippen LogP contribution is -2.37. The van der Waals surface area contributed by atoms with E-state index in [0.29, 0.717) is 28.8 Å². The van der Waals surface area contributed by atoms with E-state index in [2.05, 4.69) is 4.99 Å². The number of methoxy groups -OCH3 is 2. The molecule has 1 fully saturated rings. The summed E-state index contributed by atoms with van der Waals surface area (Å²) in [5.41, 5.74) is 1.28. The molecule has 0 radical (unpaired) electrons. The summed E-state index contributed by atoms with van der Waals surface area (Å²) >= 11 is 1.57. The Bertz CT molecular complexity index is 845. The number of benzene rings is 2. The van der Waals surface area contributed by atoms with Crippen molar-refractivity contribution in [2.45, 2.75) is 19.9 Å². The molecule has 2 aromatic rings. The standard InChI is InChI=1S/C21H24N2O4S/c1-5-27-17-8-6-16(7-9-17)22-21-23(14(2)13-28-21)20(24)15-10-18(25-3)12-19(11-15)26-4/h6-12,14H,5,13H2,1-4H3/t14-/m1/s1. The summed E-state index contributed by atoms with van der Waals surface area (Å²) < 4.78 is 16.1. The van der Waals surface area contributed by atoms with Gasteiger partial charge in [-0.05, 0) is 50.2 Å². The van der Waals surface area contributed by atoms with E-state index in [0.717, 1.165) is 17.2 Å². The topological polar surface area (TPSA) is 60.4 Å². The molecule has 0 aromatic heterocycles. The summed E-state index contributed by atoms with van der Waals surface area (Å²) in [5.74, 6) is 2.62. The first-order valence-corrected chi connectivity index (χ1v) is 10.0. The summed E-state index contributed by atoms with van der Waals surface area (Å²) in [6.45, 7) is 4.58. The van der Waals surface area contributed by atoms with E-state index in [1.54, 1.807) is 49.1 Å². The molecule has 0 saturated carbocycles. The molecule has 0 spiro atoms. The van der Waals surface area contributed by atoms with E-state index in [1.807, 2.05) is 38.1 Å². The molecule has 28 heavy (non-hydrogen) atoms. The van der Waals surface area contributed by atoms with E-state index in [9.17, 15) is 4.79 Å². The Balaban J connectivity index is 1.89. The van der Waals surface area contributed by atoms with Crippen LogP contribution in [0.1, 0.15) is 24.2 Å². The average Bonchev–Trinajstić information content (AvgIpc) is 3.08. The Labute approximate surface area is 169 Å². The van der Waals surface area contributed by atoms with E-state index in [4.69, 9.17) is 14.2 Å². The maximum absolute atomic E-state index is 13.2. The zero-order chi connectivity index (χ0) is 20.1. The van der Waals surface area contributed by atoms with Crippen molar-refractivity contribution in [2.75, 3.05) is 26.6 Å². The van der Waals surface area contributed by atoms with Crippen molar-refractivity contribution < 1.29 is 19.0 Å². The molecule has 0 N–H and O–H groups in total. The Kier molecular flexibility index (Phi) is 6.46. The molecule has 1 aliphatic rings. The highest BCUT2D eigenvalue weighted by Gasteiger charge is 2.33. The smallest absolute Gasteiger partial charge is 0.260 e. The van der Waals surface area contributed by atoms with Gasteiger partial charge in [-0.2, -0.15) is 0 Å². The number of aliphatic imine (C=N–C) groups is 1. The number of carbonyl (C=O) groups excluding carboxylic acids is 1. The Morgan fingerprint density at radius 1 is 1.11 bits per heavy atom. The number of thioether (sulfide) groups is 1. The fraction of sp³-hybridized carbons (Fsp3) is 0.333. The number of carbonyl (C=O) groups is 1. The largest absolute Gasteiger partial charge is 0.497 e. The van der Waals surface area contributed by atoms with Gasteiger partial charge in [0.1, 0.15) is 17.2 Å². The number of amides is 1. The molecule has 1 aliphatic heterocycles. The first-order chi connectivity index (χ1) is 13.5. The monoisotopic (exact) mass is 400 g/mol. The SMILES string of the molecule is CCOc1ccc(N=C2SC[C@@H](C)N2C(=O)c2cc(OC)cc(OC)c2)cc1. The summed E-state index contributed by atoms with van der Waals surface area (Å²) in [6.07, 6.45) is 0. The molecule has 2 aromatic carbocycles. The van der Waals surface area contributed by atoms with E-state index >= 15 is 0 Å². The van der Waals surface area contributed by atoms with Crippen molar-refractivity contribution in [3.8, 4) is 17.2 Å². The molecule has 0 bridgehead atoms. The van der Waals surface area contributed by atoms with Crippen molar-refractivity contribution in [1.29, 1.82) is 0 Å². The summed E-state index contributed by atoms with van der Waals surface area (Å²) in [6, 6.07) is 12.8. The van der Waals surface area contributed by atoms with Crippen LogP contribution in [0.5, 0.6) is 17.2 Å². The molecule has 0 aliphatic carbocycles. The van der Waals surface area contributed by atoms with Crippen LogP contribution in [0.2, 0.25) is 0 Å². The van der Waals surface area contributed by atoms with Crippen LogP contribution in [0.3, 0.4) is 0 Å². The highest BCUT2D eigenvalue weighted by molar-refractivity contribution is 8.14. The van der Waals surface area contributed by atoms with Crippen LogP contribution in [0.4, 0.5) is 5.69 Å². The number of hydrogen-bond donors (Lipinski definition) is 0. The second-order valence-corrected chi connectivity index (χ2v) is 7.24. The first-order valence-electron chi connectivity index (χ1n) is 9.06. The zero-order valence-electron chi connectivity index (χ0n) is 16.5. The number of ether oxygens (including phenoxy) is 3. The van der Waals surface area contributed by atoms with Gasteiger partial charge < -0.3 is 14.2 Å². The fourth-order valence-electron chi connectivity index (χ4n) is 2.86. The molecule has 148 valence electrons. The van der Waals surface area contributed by atoms with Crippen LogP contribution >= 0.6 is 11.8 Å². The van der Waals surface area contributed by atoms with Gasteiger partial charge in [0.05, 0.1) is 26.5 Å². The maximum Gasteiger partial charge on any atom is 0.260 e. The minimum absolute atomic E-state index is 0.0381. The number of amidine groups is 1. The van der Waals surface area contributed by atoms with Crippen LogP contribution in [-0.2, 0) is 0 Å². The minimum atomic E-state index is -0.126. The Morgan fingerprint density at radius 3 is 2.32 bits per heavy atom. The molecule has 1 heterocycles. The van der Waals surface area contributed by atoms with Gasteiger partial charge in [0, 0.05) is 23.4 Å². The van der Waals surface area contributed by atoms with Gasteiger partial charge in [-0.15, -0.1) is 0 Å². The number of nitrogens with zero attached hydrogens (tertiary/aromatic N) is 2. The van der Waals surface area contributed by atoms with Crippen LogP contribution in [-0.4, -0.2) is 48.6 Å². The third kappa shape index (κ3) is 4.42. The molecule has 3 rings (SSSR count). The molecular weight excluding hydrogens is 376 g/mol. The third-order valence-electron chi connectivity index (χ3n) is 4.29. The highest BCUT2D eigenvalue weighted by Crippen LogP contribution is 2.31. The van der Waals surface area contributed by atoms with E-state index in [-0.39, 0.29) is 11.9 Å². The Hall–Kier alpha value is -2.67. The predicted molar refractivity (Wildman–Crippen MR) is 112 cm³/mol. The third-order valence-corrected chi connectivity index (χ3v) is 5.49. The molecule has 0 unspecified atom stereocenters. The lowest BCUT2D eigenvalue weighted by Gasteiger charge is -2.21. The fourth-order valence-corrected chi connectivity index (χ4v) is 3.98. The lowest BCUT2D eigenvalue weighted by molar-refractivity contribution is 0.0828. The number of rotatable bonds is 6. The van der Waals surface area contributed by atoms with Crippen molar-refractivity contribution in [3.05, 3.63) is 48.0 Å². The normalized spacial score (nSPS) is 17.6. The molecule has 1 amide bonds. The highest BCUT2D eigenvalue weighted by atomic mass is 32.2. The van der Waals surface area contributed by atoms with E-state index in [1.165, 1.54) is 0 Å². The second-order valence-electron chi connectivity index (χ2n) is 6.26. The van der Waals surface area contributed by atoms with Gasteiger partial charge in [0.15, 0.2) is 5.17 Å². The van der Waals surface area contributed by atoms with Crippen LogP contribution in [0.15, 0.2) is 47.5 Å². The molecule has 7 heteroatoms. The summed E-state index contributed by atoms with van der Waals surface area (Å²) in [7, 11) is 3.13. The van der Waals surface area contributed by atoms with Crippen molar-refractivity contribution in [1.82, 2.24) is 4.90 Å². The summed E-state index contributed by atoms with van der Waals surface area (Å²) in [5, 5.41) is 0.684. The average molecular weight is 401 g/mol. The number of hydrogen-bond acceptors (Lipinski definition) is 6. The summed E-state index contributed by atoms with van der Waals surface area (Å²) in [4.78, 5) is 19.7. The molecule has 1 atom stereocenters. The van der Waals surface area contributed by atoms with Crippen LogP contribution in [0, 0.1) is 0 Å². The van der Waals surface area contributed by atoms with Crippen molar-refractivity contribution >= 4 is 28.5 Å². The van der Waals surface area contributed by atoms with Gasteiger partial charge in [-0.1, -0.05) is 11.8 Å². The van der Waals surface area contributed by atoms with Crippen LogP contribution in [0.25, 0.3) is 0 Å². The van der Waals surface area contributed by atoms with E-state index < -0.39 is 0 Å². The molecule has 1 saturated heterocycles. The molecule has 6 nitrogen and oxygen atoms in total. The lowest BCUT2D eigenvalue weighted by atomic mass is 10.1.